The molecule has 4 heteroatoms. The lowest BCUT2D eigenvalue weighted by molar-refractivity contribution is -0.128. The van der Waals surface area contributed by atoms with Gasteiger partial charge in [0, 0.05) is 17.8 Å². The van der Waals surface area contributed by atoms with Crippen LogP contribution in [0.1, 0.15) is 48.5 Å². The van der Waals surface area contributed by atoms with Crippen molar-refractivity contribution in [1.29, 1.82) is 0 Å². The Balaban J connectivity index is 2.28. The highest BCUT2D eigenvalue weighted by Crippen LogP contribution is 2.75. The van der Waals surface area contributed by atoms with Crippen LogP contribution in [0, 0.1) is 16.2 Å². The molecule has 1 N–H and O–H groups in total. The van der Waals surface area contributed by atoms with E-state index in [1.807, 2.05) is 0 Å². The molecule has 20 heavy (non-hydrogen) atoms. The van der Waals surface area contributed by atoms with Crippen LogP contribution in [0.5, 0.6) is 0 Å². The summed E-state index contributed by atoms with van der Waals surface area (Å²) in [5.41, 5.74) is 2.45. The first-order chi connectivity index (χ1) is 9.02. The second-order valence-corrected chi connectivity index (χ2v) is 7.54. The van der Waals surface area contributed by atoms with Gasteiger partial charge in [0.05, 0.1) is 12.1 Å². The Morgan fingerprint density at radius 1 is 1.10 bits per heavy atom. The predicted octanol–water partition coefficient (Wildman–Crippen LogP) is 2.70. The van der Waals surface area contributed by atoms with Crippen molar-refractivity contribution in [3.05, 3.63) is 11.1 Å². The third-order valence-corrected chi connectivity index (χ3v) is 7.36. The topological polar surface area (TPSA) is 49.4 Å². The number of hydrogen-bond donors (Lipinski definition) is 1. The Hall–Kier alpha value is -1.32. The molecule has 3 aliphatic rings. The summed E-state index contributed by atoms with van der Waals surface area (Å²) in [6, 6.07) is -0.290. The minimum Gasteiger partial charge on any atom is -0.332 e. The molecule has 1 saturated carbocycles. The monoisotopic (exact) mass is 276 g/mol. The summed E-state index contributed by atoms with van der Waals surface area (Å²) in [5.74, 6) is -0.159. The van der Waals surface area contributed by atoms with Crippen LogP contribution in [0.25, 0.3) is 0 Å². The van der Waals surface area contributed by atoms with Crippen LogP contribution < -0.4 is 5.32 Å². The van der Waals surface area contributed by atoms with Crippen LogP contribution >= 0.6 is 0 Å². The number of carbonyl (C=O) groups excluding carboxylic acids is 2. The molecule has 0 aromatic heterocycles. The van der Waals surface area contributed by atoms with E-state index in [9.17, 15) is 9.59 Å². The Morgan fingerprint density at radius 2 is 1.60 bits per heavy atom. The summed E-state index contributed by atoms with van der Waals surface area (Å²) in [4.78, 5) is 25.7. The number of nitrogens with one attached hydrogen (secondary N) is 1. The van der Waals surface area contributed by atoms with Gasteiger partial charge in [-0.05, 0) is 19.3 Å². The Bertz CT molecular complexity index is 577. The number of imide groups is 1. The van der Waals surface area contributed by atoms with Crippen molar-refractivity contribution in [3.63, 3.8) is 0 Å². The van der Waals surface area contributed by atoms with Crippen LogP contribution in [-0.2, 0) is 4.79 Å². The highest BCUT2D eigenvalue weighted by atomic mass is 16.2. The first kappa shape index (κ1) is 13.7. The SMILES string of the molecule is CC(=O)N1C(=O)N[C@H]2[C@@H]1[C@@]1(C)C(C)=C(C)[C@]2(C)C1(C)C. The van der Waals surface area contributed by atoms with Gasteiger partial charge in [0.2, 0.25) is 5.91 Å². The average Bonchev–Trinajstić information content (AvgIpc) is 2.79. The third-order valence-electron chi connectivity index (χ3n) is 7.36. The van der Waals surface area contributed by atoms with Gasteiger partial charge in [0.25, 0.3) is 0 Å². The summed E-state index contributed by atoms with van der Waals surface area (Å²) in [5, 5.41) is 3.08. The van der Waals surface area contributed by atoms with E-state index >= 15 is 0 Å². The van der Waals surface area contributed by atoms with Crippen LogP contribution in [0.2, 0.25) is 0 Å². The van der Waals surface area contributed by atoms with Crippen LogP contribution in [-0.4, -0.2) is 28.9 Å². The van der Waals surface area contributed by atoms with Crippen LogP contribution in [0.4, 0.5) is 4.79 Å². The van der Waals surface area contributed by atoms with Crippen molar-refractivity contribution in [2.75, 3.05) is 0 Å². The highest BCUT2D eigenvalue weighted by Gasteiger charge is 2.77. The van der Waals surface area contributed by atoms with E-state index < -0.39 is 0 Å². The van der Waals surface area contributed by atoms with E-state index in [2.05, 4.69) is 46.9 Å². The predicted molar refractivity (Wildman–Crippen MR) is 77.0 cm³/mol. The zero-order valence-corrected chi connectivity index (χ0v) is 13.4. The second kappa shape index (κ2) is 3.29. The zero-order chi connectivity index (χ0) is 15.2. The minimum atomic E-state index is -0.233. The molecule has 0 unspecified atom stereocenters. The van der Waals surface area contributed by atoms with E-state index in [0.29, 0.717) is 0 Å². The smallest absolute Gasteiger partial charge is 0.324 e. The number of amides is 3. The molecule has 3 amide bonds. The lowest BCUT2D eigenvalue weighted by Crippen LogP contribution is -2.50. The van der Waals surface area contributed by atoms with Gasteiger partial charge in [-0.15, -0.1) is 0 Å². The first-order valence-corrected chi connectivity index (χ1v) is 7.31. The normalized spacial score (nSPS) is 45.0. The molecule has 2 aliphatic carbocycles. The fraction of sp³-hybridized carbons (Fsp3) is 0.750. The summed E-state index contributed by atoms with van der Waals surface area (Å²) in [7, 11) is 0. The van der Waals surface area contributed by atoms with Gasteiger partial charge in [-0.25, -0.2) is 4.79 Å². The largest absolute Gasteiger partial charge is 0.332 e. The molecule has 4 nitrogen and oxygen atoms in total. The summed E-state index contributed by atoms with van der Waals surface area (Å²) in [6.07, 6.45) is 0. The maximum atomic E-state index is 12.2. The molecule has 0 radical (unpaired) electrons. The molecule has 2 bridgehead atoms. The maximum absolute atomic E-state index is 12.2. The summed E-state index contributed by atoms with van der Waals surface area (Å²) < 4.78 is 0. The number of urea groups is 1. The fourth-order valence-corrected chi connectivity index (χ4v) is 5.42. The number of carbonyl (C=O) groups is 2. The van der Waals surface area contributed by atoms with Gasteiger partial charge in [0.15, 0.2) is 0 Å². The molecule has 0 spiro atoms. The summed E-state index contributed by atoms with van der Waals surface area (Å²) in [6.45, 7) is 14.8. The Morgan fingerprint density at radius 3 is 2.10 bits per heavy atom. The summed E-state index contributed by atoms with van der Waals surface area (Å²) >= 11 is 0. The van der Waals surface area contributed by atoms with Gasteiger partial charge in [-0.3, -0.25) is 9.69 Å². The molecule has 0 aromatic rings. The van der Waals surface area contributed by atoms with Crippen molar-refractivity contribution >= 4 is 11.9 Å². The third kappa shape index (κ3) is 0.980. The molecule has 3 rings (SSSR count). The van der Waals surface area contributed by atoms with Crippen molar-refractivity contribution in [1.82, 2.24) is 10.2 Å². The van der Waals surface area contributed by atoms with Crippen molar-refractivity contribution in [3.8, 4) is 0 Å². The van der Waals surface area contributed by atoms with E-state index in [-0.39, 0.29) is 40.3 Å². The van der Waals surface area contributed by atoms with E-state index in [4.69, 9.17) is 0 Å². The average molecular weight is 276 g/mol. The van der Waals surface area contributed by atoms with E-state index in [0.717, 1.165) is 0 Å². The Labute approximate surface area is 120 Å². The van der Waals surface area contributed by atoms with Gasteiger partial charge in [-0.2, -0.15) is 0 Å². The molecule has 110 valence electrons. The van der Waals surface area contributed by atoms with Crippen LogP contribution in [0.3, 0.4) is 0 Å². The number of nitrogens with zero attached hydrogens (tertiary/aromatic N) is 1. The molecular formula is C16H24N2O2. The number of rotatable bonds is 0. The van der Waals surface area contributed by atoms with Crippen molar-refractivity contribution < 1.29 is 9.59 Å². The highest BCUT2D eigenvalue weighted by molar-refractivity contribution is 5.96. The fourth-order valence-electron chi connectivity index (χ4n) is 5.42. The standard InChI is InChI=1S/C16H24N2O2/c1-8-9(2)16(7)12-11(15(8,6)14(16,4)5)17-13(20)18(12)10(3)19/h11-12H,1-7H3,(H,17,20)/t11-,12+,15-,16+/m0/s1. The molecule has 1 saturated heterocycles. The van der Waals surface area contributed by atoms with Crippen LogP contribution in [0.15, 0.2) is 11.1 Å². The molecule has 4 atom stereocenters. The Kier molecular flexibility index (Phi) is 2.24. The van der Waals surface area contributed by atoms with Gasteiger partial charge in [-0.1, -0.05) is 38.8 Å². The van der Waals surface area contributed by atoms with E-state index in [1.165, 1.54) is 23.0 Å². The van der Waals surface area contributed by atoms with Crippen molar-refractivity contribution in [2.45, 2.75) is 60.5 Å². The quantitative estimate of drug-likeness (QED) is 0.692. The van der Waals surface area contributed by atoms with Gasteiger partial charge >= 0.3 is 6.03 Å². The van der Waals surface area contributed by atoms with E-state index in [1.54, 1.807) is 0 Å². The molecule has 1 aliphatic heterocycles. The molecule has 2 fully saturated rings. The molecular weight excluding hydrogens is 252 g/mol. The second-order valence-electron chi connectivity index (χ2n) is 7.54. The number of hydrogen-bond acceptors (Lipinski definition) is 2. The van der Waals surface area contributed by atoms with Gasteiger partial charge in [0.1, 0.15) is 0 Å². The molecule has 0 aromatic carbocycles. The number of fused-ring (bicyclic) bond motifs is 5. The first-order valence-electron chi connectivity index (χ1n) is 7.31. The minimum absolute atomic E-state index is 0.00486. The van der Waals surface area contributed by atoms with Gasteiger partial charge < -0.3 is 5.32 Å². The lowest BCUT2D eigenvalue weighted by atomic mass is 9.62. The van der Waals surface area contributed by atoms with Crippen molar-refractivity contribution in [2.24, 2.45) is 16.2 Å². The molecule has 1 heterocycles. The lowest BCUT2D eigenvalue weighted by Gasteiger charge is -2.44. The zero-order valence-electron chi connectivity index (χ0n) is 13.4. The maximum Gasteiger partial charge on any atom is 0.324 e.